The van der Waals surface area contributed by atoms with E-state index in [9.17, 15) is 4.79 Å². The normalized spacial score (nSPS) is 11.9. The van der Waals surface area contributed by atoms with Crippen molar-refractivity contribution < 1.29 is 14.3 Å². The van der Waals surface area contributed by atoms with Gasteiger partial charge in [-0.25, -0.2) is 4.79 Å². The largest absolute Gasteiger partial charge is 0.462 e. The molecule has 1 aromatic carbocycles. The first kappa shape index (κ1) is 15.3. The smallest absolute Gasteiger partial charge is 0.340 e. The summed E-state index contributed by atoms with van der Waals surface area (Å²) in [5.41, 5.74) is 7.50. The van der Waals surface area contributed by atoms with E-state index in [0.29, 0.717) is 31.1 Å². The van der Waals surface area contributed by atoms with Crippen molar-refractivity contribution in [2.75, 3.05) is 30.9 Å². The Morgan fingerprint density at radius 2 is 2.11 bits per heavy atom. The van der Waals surface area contributed by atoms with Crippen LogP contribution >= 0.6 is 0 Å². The maximum Gasteiger partial charge on any atom is 0.340 e. The molecule has 0 aliphatic heterocycles. The maximum absolute atomic E-state index is 11.7. The Kier molecular flexibility index (Phi) is 6.15. The molecule has 5 heteroatoms. The Bertz CT molecular complexity index is 421. The number of carbonyl (C=O) groups is 1. The molecule has 1 aromatic rings. The van der Waals surface area contributed by atoms with E-state index in [4.69, 9.17) is 15.2 Å². The van der Waals surface area contributed by atoms with Crippen LogP contribution in [0.3, 0.4) is 0 Å². The molecule has 0 aliphatic carbocycles. The van der Waals surface area contributed by atoms with Gasteiger partial charge in [-0.05, 0) is 32.9 Å². The Morgan fingerprint density at radius 3 is 2.74 bits per heavy atom. The highest BCUT2D eigenvalue weighted by molar-refractivity contribution is 5.98. The summed E-state index contributed by atoms with van der Waals surface area (Å²) in [6.45, 7) is 7.29. The predicted octanol–water partition coefficient (Wildman–Crippen LogP) is 2.28. The average molecular weight is 266 g/mol. The Morgan fingerprint density at radius 1 is 1.37 bits per heavy atom. The van der Waals surface area contributed by atoms with Crippen molar-refractivity contribution in [3.05, 3.63) is 23.8 Å². The van der Waals surface area contributed by atoms with Crippen molar-refractivity contribution in [2.24, 2.45) is 0 Å². The number of benzene rings is 1. The standard InChI is InChI=1S/C14H22N2O3/c1-4-18-9-10(3)16-12-8-6-7-11(13(12)15)14(17)19-5-2/h6-8,10,16H,4-5,9,15H2,1-3H3. The summed E-state index contributed by atoms with van der Waals surface area (Å²) in [6.07, 6.45) is 0. The molecule has 0 bridgehead atoms. The number of anilines is 2. The zero-order chi connectivity index (χ0) is 14.3. The fourth-order valence-electron chi connectivity index (χ4n) is 1.68. The van der Waals surface area contributed by atoms with Crippen LogP contribution in [-0.4, -0.2) is 31.8 Å². The molecule has 0 heterocycles. The highest BCUT2D eigenvalue weighted by atomic mass is 16.5. The van der Waals surface area contributed by atoms with E-state index in [0.717, 1.165) is 5.69 Å². The fourth-order valence-corrected chi connectivity index (χ4v) is 1.68. The second-order valence-corrected chi connectivity index (χ2v) is 4.19. The Labute approximate surface area is 114 Å². The first-order valence-electron chi connectivity index (χ1n) is 6.50. The Balaban J connectivity index is 2.79. The van der Waals surface area contributed by atoms with Gasteiger partial charge in [0.25, 0.3) is 0 Å². The number of nitrogens with one attached hydrogen (secondary N) is 1. The molecule has 1 rings (SSSR count). The minimum Gasteiger partial charge on any atom is -0.462 e. The van der Waals surface area contributed by atoms with Crippen molar-refractivity contribution in [3.63, 3.8) is 0 Å². The molecule has 0 fully saturated rings. The van der Waals surface area contributed by atoms with Crippen LogP contribution in [0.2, 0.25) is 0 Å². The van der Waals surface area contributed by atoms with Crippen molar-refractivity contribution in [3.8, 4) is 0 Å². The SMILES string of the molecule is CCOCC(C)Nc1cccc(C(=O)OCC)c1N. The van der Waals surface area contributed by atoms with E-state index in [1.54, 1.807) is 19.1 Å². The van der Waals surface area contributed by atoms with Gasteiger partial charge in [-0.1, -0.05) is 6.07 Å². The summed E-state index contributed by atoms with van der Waals surface area (Å²) < 4.78 is 10.3. The van der Waals surface area contributed by atoms with Crippen molar-refractivity contribution >= 4 is 17.3 Å². The molecule has 1 unspecified atom stereocenters. The lowest BCUT2D eigenvalue weighted by Gasteiger charge is -2.17. The van der Waals surface area contributed by atoms with E-state index in [2.05, 4.69) is 5.32 Å². The van der Waals surface area contributed by atoms with Gasteiger partial charge in [-0.2, -0.15) is 0 Å². The number of carbonyl (C=O) groups excluding carboxylic acids is 1. The average Bonchev–Trinajstić information content (AvgIpc) is 2.39. The minimum absolute atomic E-state index is 0.111. The van der Waals surface area contributed by atoms with Gasteiger partial charge in [0.05, 0.1) is 30.2 Å². The number of hydrogen-bond donors (Lipinski definition) is 2. The van der Waals surface area contributed by atoms with Gasteiger partial charge in [0.2, 0.25) is 0 Å². The number of ether oxygens (including phenoxy) is 2. The second-order valence-electron chi connectivity index (χ2n) is 4.19. The summed E-state index contributed by atoms with van der Waals surface area (Å²) in [6, 6.07) is 5.38. The van der Waals surface area contributed by atoms with Gasteiger partial charge in [-0.3, -0.25) is 0 Å². The second kappa shape index (κ2) is 7.63. The summed E-state index contributed by atoms with van der Waals surface area (Å²) >= 11 is 0. The molecule has 5 nitrogen and oxygen atoms in total. The lowest BCUT2D eigenvalue weighted by molar-refractivity contribution is 0.0527. The van der Waals surface area contributed by atoms with E-state index >= 15 is 0 Å². The van der Waals surface area contributed by atoms with Crippen molar-refractivity contribution in [2.45, 2.75) is 26.8 Å². The van der Waals surface area contributed by atoms with Crippen LogP contribution in [0.4, 0.5) is 11.4 Å². The molecular weight excluding hydrogens is 244 g/mol. The molecule has 3 N–H and O–H groups in total. The molecule has 1 atom stereocenters. The predicted molar refractivity (Wildman–Crippen MR) is 76.4 cm³/mol. The van der Waals surface area contributed by atoms with Crippen LogP contribution < -0.4 is 11.1 Å². The maximum atomic E-state index is 11.7. The van der Waals surface area contributed by atoms with Crippen LogP contribution in [0.15, 0.2) is 18.2 Å². The van der Waals surface area contributed by atoms with E-state index < -0.39 is 5.97 Å². The van der Waals surface area contributed by atoms with Gasteiger partial charge in [0.15, 0.2) is 0 Å². The minimum atomic E-state index is -0.402. The zero-order valence-electron chi connectivity index (χ0n) is 11.7. The highest BCUT2D eigenvalue weighted by Crippen LogP contribution is 2.24. The van der Waals surface area contributed by atoms with Crippen molar-refractivity contribution in [1.82, 2.24) is 0 Å². The monoisotopic (exact) mass is 266 g/mol. The van der Waals surface area contributed by atoms with E-state index in [1.807, 2.05) is 19.9 Å². The van der Waals surface area contributed by atoms with Crippen LogP contribution in [0.25, 0.3) is 0 Å². The molecule has 106 valence electrons. The van der Waals surface area contributed by atoms with Gasteiger partial charge in [0.1, 0.15) is 0 Å². The number of nitrogen functional groups attached to an aromatic ring is 1. The third-order valence-corrected chi connectivity index (χ3v) is 2.58. The van der Waals surface area contributed by atoms with Gasteiger partial charge in [-0.15, -0.1) is 0 Å². The lowest BCUT2D eigenvalue weighted by Crippen LogP contribution is -2.23. The number of esters is 1. The zero-order valence-corrected chi connectivity index (χ0v) is 11.7. The summed E-state index contributed by atoms with van der Waals surface area (Å²) in [5, 5.41) is 3.22. The molecule has 0 amide bonds. The van der Waals surface area contributed by atoms with Gasteiger partial charge >= 0.3 is 5.97 Å². The number of rotatable bonds is 7. The molecule has 0 aromatic heterocycles. The summed E-state index contributed by atoms with van der Waals surface area (Å²) in [5.74, 6) is -0.402. The fraction of sp³-hybridized carbons (Fsp3) is 0.500. The number of hydrogen-bond acceptors (Lipinski definition) is 5. The number of para-hydroxylation sites is 1. The van der Waals surface area contributed by atoms with Crippen LogP contribution in [0, 0.1) is 0 Å². The van der Waals surface area contributed by atoms with Gasteiger partial charge < -0.3 is 20.5 Å². The molecule has 0 radical (unpaired) electrons. The first-order valence-corrected chi connectivity index (χ1v) is 6.50. The molecule has 0 spiro atoms. The molecule has 19 heavy (non-hydrogen) atoms. The van der Waals surface area contributed by atoms with Crippen LogP contribution in [-0.2, 0) is 9.47 Å². The van der Waals surface area contributed by atoms with Crippen molar-refractivity contribution in [1.29, 1.82) is 0 Å². The first-order chi connectivity index (χ1) is 9.10. The topological polar surface area (TPSA) is 73.6 Å². The molecular formula is C14H22N2O3. The Hall–Kier alpha value is -1.75. The highest BCUT2D eigenvalue weighted by Gasteiger charge is 2.14. The number of nitrogens with two attached hydrogens (primary N) is 1. The summed E-state index contributed by atoms with van der Waals surface area (Å²) in [7, 11) is 0. The lowest BCUT2D eigenvalue weighted by atomic mass is 10.1. The van der Waals surface area contributed by atoms with Crippen LogP contribution in [0.1, 0.15) is 31.1 Å². The van der Waals surface area contributed by atoms with Crippen LogP contribution in [0.5, 0.6) is 0 Å². The summed E-state index contributed by atoms with van der Waals surface area (Å²) in [4.78, 5) is 11.7. The van der Waals surface area contributed by atoms with Gasteiger partial charge in [0, 0.05) is 12.6 Å². The molecule has 0 saturated carbocycles. The molecule has 0 aliphatic rings. The quantitative estimate of drug-likeness (QED) is 0.585. The third kappa shape index (κ3) is 4.44. The molecule has 0 saturated heterocycles. The van der Waals surface area contributed by atoms with E-state index in [1.165, 1.54) is 0 Å². The third-order valence-electron chi connectivity index (χ3n) is 2.58. The van der Waals surface area contributed by atoms with E-state index in [-0.39, 0.29) is 6.04 Å².